The first kappa shape index (κ1) is 14.3. The van der Waals surface area contributed by atoms with Crippen molar-refractivity contribution in [2.24, 2.45) is 0 Å². The third-order valence-corrected chi connectivity index (χ3v) is 3.19. The standard InChI is InChI=1S/C15H16ClN3O/c1-10-6-14(17)13(8-18-10)15(20)19(2)9-11-4-3-5-12(16)7-11/h3-8H,9H2,1-2H3,(H2,17,18). The number of amides is 1. The van der Waals surface area contributed by atoms with E-state index >= 15 is 0 Å². The molecule has 0 saturated heterocycles. The number of nitrogens with zero attached hydrogens (tertiary/aromatic N) is 2. The van der Waals surface area contributed by atoms with E-state index in [1.807, 2.05) is 25.1 Å². The van der Waals surface area contributed by atoms with E-state index in [0.717, 1.165) is 11.3 Å². The van der Waals surface area contributed by atoms with E-state index < -0.39 is 0 Å². The molecule has 0 radical (unpaired) electrons. The number of nitrogens with two attached hydrogens (primary N) is 1. The molecule has 1 aromatic carbocycles. The van der Waals surface area contributed by atoms with Gasteiger partial charge in [-0.1, -0.05) is 23.7 Å². The molecule has 0 spiro atoms. The van der Waals surface area contributed by atoms with Crippen molar-refractivity contribution >= 4 is 23.2 Å². The average molecular weight is 290 g/mol. The smallest absolute Gasteiger partial charge is 0.257 e. The highest BCUT2D eigenvalue weighted by atomic mass is 35.5. The lowest BCUT2D eigenvalue weighted by atomic mass is 10.1. The summed E-state index contributed by atoms with van der Waals surface area (Å²) in [6.45, 7) is 2.30. The Bertz CT molecular complexity index is 643. The largest absolute Gasteiger partial charge is 0.398 e. The minimum Gasteiger partial charge on any atom is -0.398 e. The summed E-state index contributed by atoms with van der Waals surface area (Å²) in [5.41, 5.74) is 8.48. The number of pyridine rings is 1. The fourth-order valence-electron chi connectivity index (χ4n) is 1.95. The Hall–Kier alpha value is -2.07. The van der Waals surface area contributed by atoms with Crippen LogP contribution in [0.4, 0.5) is 5.69 Å². The van der Waals surface area contributed by atoms with E-state index in [2.05, 4.69) is 4.98 Å². The van der Waals surface area contributed by atoms with Crippen LogP contribution in [0.1, 0.15) is 21.6 Å². The zero-order valence-electron chi connectivity index (χ0n) is 11.4. The molecule has 5 heteroatoms. The molecule has 0 fully saturated rings. The van der Waals surface area contributed by atoms with Crippen LogP contribution in [0.15, 0.2) is 36.5 Å². The minimum absolute atomic E-state index is 0.157. The third-order valence-electron chi connectivity index (χ3n) is 2.96. The van der Waals surface area contributed by atoms with Gasteiger partial charge in [-0.15, -0.1) is 0 Å². The van der Waals surface area contributed by atoms with E-state index in [1.54, 1.807) is 24.1 Å². The van der Waals surface area contributed by atoms with Crippen molar-refractivity contribution in [3.05, 3.63) is 58.4 Å². The van der Waals surface area contributed by atoms with Gasteiger partial charge >= 0.3 is 0 Å². The van der Waals surface area contributed by atoms with Crippen LogP contribution in [0.2, 0.25) is 5.02 Å². The molecule has 2 aromatic rings. The van der Waals surface area contributed by atoms with Crippen LogP contribution in [0.25, 0.3) is 0 Å². The fraction of sp³-hybridized carbons (Fsp3) is 0.200. The average Bonchev–Trinajstić information content (AvgIpc) is 2.38. The summed E-state index contributed by atoms with van der Waals surface area (Å²) < 4.78 is 0. The topological polar surface area (TPSA) is 59.2 Å². The van der Waals surface area contributed by atoms with Gasteiger partial charge < -0.3 is 10.6 Å². The zero-order chi connectivity index (χ0) is 14.7. The summed E-state index contributed by atoms with van der Waals surface area (Å²) in [7, 11) is 1.72. The van der Waals surface area contributed by atoms with E-state index in [4.69, 9.17) is 17.3 Å². The Labute approximate surface area is 123 Å². The molecule has 0 unspecified atom stereocenters. The number of hydrogen-bond donors (Lipinski definition) is 1. The summed E-state index contributed by atoms with van der Waals surface area (Å²) in [5.74, 6) is -0.157. The predicted octanol–water partition coefficient (Wildman–Crippen LogP) is 2.90. The number of hydrogen-bond acceptors (Lipinski definition) is 3. The van der Waals surface area contributed by atoms with Gasteiger partial charge in [0.05, 0.1) is 5.56 Å². The van der Waals surface area contributed by atoms with Gasteiger partial charge in [-0.05, 0) is 30.7 Å². The molecular weight excluding hydrogens is 274 g/mol. The summed E-state index contributed by atoms with van der Waals surface area (Å²) in [6, 6.07) is 9.11. The molecule has 1 heterocycles. The molecule has 104 valence electrons. The Morgan fingerprint density at radius 2 is 2.15 bits per heavy atom. The summed E-state index contributed by atoms with van der Waals surface area (Å²) in [4.78, 5) is 18.0. The van der Waals surface area contributed by atoms with Gasteiger partial charge in [-0.3, -0.25) is 9.78 Å². The van der Waals surface area contributed by atoms with Gasteiger partial charge in [0.2, 0.25) is 0 Å². The van der Waals surface area contributed by atoms with Gasteiger partial charge in [0, 0.05) is 36.2 Å². The number of rotatable bonds is 3. The lowest BCUT2D eigenvalue weighted by Crippen LogP contribution is -2.27. The van der Waals surface area contributed by atoms with Crippen LogP contribution in [-0.2, 0) is 6.54 Å². The molecule has 0 saturated carbocycles. The fourth-order valence-corrected chi connectivity index (χ4v) is 2.16. The molecule has 20 heavy (non-hydrogen) atoms. The maximum atomic E-state index is 12.3. The van der Waals surface area contributed by atoms with E-state index in [-0.39, 0.29) is 5.91 Å². The highest BCUT2D eigenvalue weighted by Crippen LogP contribution is 2.16. The van der Waals surface area contributed by atoms with Crippen molar-refractivity contribution in [1.82, 2.24) is 9.88 Å². The number of aromatic nitrogens is 1. The Morgan fingerprint density at radius 3 is 2.80 bits per heavy atom. The number of nitrogen functional groups attached to an aromatic ring is 1. The SMILES string of the molecule is Cc1cc(N)c(C(=O)N(C)Cc2cccc(Cl)c2)cn1. The van der Waals surface area contributed by atoms with Crippen molar-refractivity contribution < 1.29 is 4.79 Å². The van der Waals surface area contributed by atoms with E-state index in [9.17, 15) is 4.79 Å². The second-order valence-electron chi connectivity index (χ2n) is 4.70. The molecular formula is C15H16ClN3O. The number of carbonyl (C=O) groups is 1. The second kappa shape index (κ2) is 5.92. The van der Waals surface area contributed by atoms with Crippen molar-refractivity contribution in [2.45, 2.75) is 13.5 Å². The molecule has 1 aromatic heterocycles. The van der Waals surface area contributed by atoms with Crippen LogP contribution in [0.3, 0.4) is 0 Å². The van der Waals surface area contributed by atoms with Gasteiger partial charge in [0.1, 0.15) is 0 Å². The quantitative estimate of drug-likeness (QED) is 0.945. The van der Waals surface area contributed by atoms with Gasteiger partial charge in [-0.25, -0.2) is 0 Å². The van der Waals surface area contributed by atoms with E-state index in [0.29, 0.717) is 22.8 Å². The zero-order valence-corrected chi connectivity index (χ0v) is 12.2. The summed E-state index contributed by atoms with van der Waals surface area (Å²) >= 11 is 5.93. The maximum Gasteiger partial charge on any atom is 0.257 e. The number of aryl methyl sites for hydroxylation is 1. The first-order valence-corrected chi connectivity index (χ1v) is 6.57. The van der Waals surface area contributed by atoms with Crippen molar-refractivity contribution in [2.75, 3.05) is 12.8 Å². The van der Waals surface area contributed by atoms with Crippen LogP contribution in [0.5, 0.6) is 0 Å². The highest BCUT2D eigenvalue weighted by Gasteiger charge is 2.15. The lowest BCUT2D eigenvalue weighted by molar-refractivity contribution is 0.0785. The van der Waals surface area contributed by atoms with Gasteiger partial charge in [0.25, 0.3) is 5.91 Å². The van der Waals surface area contributed by atoms with Crippen molar-refractivity contribution in [3.63, 3.8) is 0 Å². The molecule has 0 aliphatic heterocycles. The molecule has 4 nitrogen and oxygen atoms in total. The number of carbonyl (C=O) groups excluding carboxylic acids is 1. The summed E-state index contributed by atoms with van der Waals surface area (Å²) in [6.07, 6.45) is 1.52. The van der Waals surface area contributed by atoms with Crippen molar-refractivity contribution in [1.29, 1.82) is 0 Å². The Kier molecular flexibility index (Phi) is 4.25. The third kappa shape index (κ3) is 3.27. The minimum atomic E-state index is -0.157. The second-order valence-corrected chi connectivity index (χ2v) is 5.14. The van der Waals surface area contributed by atoms with Crippen LogP contribution < -0.4 is 5.73 Å². The molecule has 0 atom stereocenters. The normalized spacial score (nSPS) is 10.3. The molecule has 0 aliphatic carbocycles. The van der Waals surface area contributed by atoms with Crippen molar-refractivity contribution in [3.8, 4) is 0 Å². The first-order valence-electron chi connectivity index (χ1n) is 6.19. The number of benzene rings is 1. The number of anilines is 1. The van der Waals surface area contributed by atoms with Crippen LogP contribution >= 0.6 is 11.6 Å². The van der Waals surface area contributed by atoms with Gasteiger partial charge in [0.15, 0.2) is 0 Å². The molecule has 0 aliphatic rings. The van der Waals surface area contributed by atoms with Gasteiger partial charge in [-0.2, -0.15) is 0 Å². The van der Waals surface area contributed by atoms with Crippen LogP contribution in [-0.4, -0.2) is 22.8 Å². The lowest BCUT2D eigenvalue weighted by Gasteiger charge is -2.18. The Morgan fingerprint density at radius 1 is 1.40 bits per heavy atom. The molecule has 2 rings (SSSR count). The monoisotopic (exact) mass is 289 g/mol. The first-order chi connectivity index (χ1) is 9.47. The number of halogens is 1. The van der Waals surface area contributed by atoms with Crippen LogP contribution in [0, 0.1) is 6.92 Å². The molecule has 1 amide bonds. The maximum absolute atomic E-state index is 12.3. The van der Waals surface area contributed by atoms with E-state index in [1.165, 1.54) is 6.20 Å². The predicted molar refractivity (Wildman–Crippen MR) is 80.6 cm³/mol. The molecule has 0 bridgehead atoms. The summed E-state index contributed by atoms with van der Waals surface area (Å²) in [5, 5.41) is 0.653. The highest BCUT2D eigenvalue weighted by molar-refractivity contribution is 6.30. The Balaban J connectivity index is 2.16. The molecule has 2 N–H and O–H groups in total.